The van der Waals surface area contributed by atoms with Crippen LogP contribution in [0.2, 0.25) is 0 Å². The number of aliphatic hydroxyl groups is 5. The first-order chi connectivity index (χ1) is 43.3. The molecule has 0 aromatic carbocycles. The quantitative estimate of drug-likeness (QED) is 0.0261. The molecule has 9 nitrogen and oxygen atoms in total. The Bertz CT molecular complexity index is 1720. The first-order valence-electron chi connectivity index (χ1n) is 37.5. The number of aliphatic hydroxyl groups excluding tert-OH is 5. The van der Waals surface area contributed by atoms with Crippen LogP contribution in [0, 0.1) is 0 Å². The van der Waals surface area contributed by atoms with Crippen LogP contribution < -0.4 is 5.32 Å². The lowest BCUT2D eigenvalue weighted by Crippen LogP contribution is -2.60. The first-order valence-corrected chi connectivity index (χ1v) is 37.5. The Morgan fingerprint density at radius 1 is 0.398 bits per heavy atom. The zero-order chi connectivity index (χ0) is 63.5. The van der Waals surface area contributed by atoms with Gasteiger partial charge in [0.25, 0.3) is 0 Å². The molecule has 0 bridgehead atoms. The van der Waals surface area contributed by atoms with Gasteiger partial charge in [0.2, 0.25) is 5.91 Å². The molecule has 0 aromatic heterocycles. The number of ether oxygens (including phenoxy) is 2. The molecule has 1 saturated heterocycles. The minimum Gasteiger partial charge on any atom is -0.394 e. The van der Waals surface area contributed by atoms with Crippen LogP contribution in [0.5, 0.6) is 0 Å². The normalized spacial score (nSPS) is 18.5. The summed E-state index contributed by atoms with van der Waals surface area (Å²) in [6.45, 7) is 3.70. The summed E-state index contributed by atoms with van der Waals surface area (Å²) in [6, 6.07) is -0.809. The average Bonchev–Trinajstić information content (AvgIpc) is 3.31. The van der Waals surface area contributed by atoms with Gasteiger partial charge in [-0.25, -0.2) is 0 Å². The van der Waals surface area contributed by atoms with Gasteiger partial charge in [0, 0.05) is 6.42 Å². The molecular formula is C79H141NO8. The SMILES string of the molecule is CC/C=C\C/C=C\C/C=C\C/C=C\C/C=C\C/C=C\C/C=C\CCCCCCCCCCCCCCCCCCCCCC(=O)NC(COC1OC(CO)C(O)C(O)C1O)C(O)/C=C/CCCCCCCCCCCCCCCCCCCCCCCC. The Morgan fingerprint density at radius 3 is 1.05 bits per heavy atom. The number of rotatable bonds is 65. The Hall–Kier alpha value is -2.89. The van der Waals surface area contributed by atoms with E-state index in [1.165, 1.54) is 238 Å². The highest BCUT2D eigenvalue weighted by molar-refractivity contribution is 5.76. The second kappa shape index (κ2) is 67.0. The first kappa shape index (κ1) is 83.1. The molecule has 7 unspecified atom stereocenters. The highest BCUT2D eigenvalue weighted by Crippen LogP contribution is 2.23. The number of carbonyl (C=O) groups excluding carboxylic acids is 1. The van der Waals surface area contributed by atoms with Crippen LogP contribution in [0.4, 0.5) is 0 Å². The van der Waals surface area contributed by atoms with Crippen LogP contribution in [-0.2, 0) is 14.3 Å². The maximum atomic E-state index is 13.2. The predicted octanol–water partition coefficient (Wildman–Crippen LogP) is 21.0. The average molecular weight is 1230 g/mol. The van der Waals surface area contributed by atoms with Crippen molar-refractivity contribution in [1.29, 1.82) is 0 Å². The number of carbonyl (C=O) groups is 1. The molecule has 0 aliphatic carbocycles. The summed E-state index contributed by atoms with van der Waals surface area (Å²) in [4.78, 5) is 13.2. The molecule has 7 atom stereocenters. The van der Waals surface area contributed by atoms with Gasteiger partial charge in [-0.1, -0.05) is 355 Å². The monoisotopic (exact) mass is 1230 g/mol. The third kappa shape index (κ3) is 54.8. The van der Waals surface area contributed by atoms with E-state index in [1.807, 2.05) is 6.08 Å². The summed E-state index contributed by atoms with van der Waals surface area (Å²) >= 11 is 0. The van der Waals surface area contributed by atoms with Gasteiger partial charge in [-0.3, -0.25) is 4.79 Å². The van der Waals surface area contributed by atoms with Crippen molar-refractivity contribution in [2.75, 3.05) is 13.2 Å². The third-order valence-corrected chi connectivity index (χ3v) is 17.4. The molecule has 1 heterocycles. The Balaban J connectivity index is 2.08. The lowest BCUT2D eigenvalue weighted by atomic mass is 9.99. The van der Waals surface area contributed by atoms with Crippen molar-refractivity contribution < 1.29 is 39.8 Å². The van der Waals surface area contributed by atoms with Crippen LogP contribution >= 0.6 is 0 Å². The maximum Gasteiger partial charge on any atom is 0.220 e. The standard InChI is InChI=1S/C79H141NO8/c1-3-5-7-9-11-13-15-17-19-21-23-25-27-29-30-31-32-33-34-35-36-37-38-39-40-41-42-43-44-45-47-49-51-53-55-57-59-61-63-65-67-69-75(83)80-72(71-87-79-78(86)77(85)76(84)74(70-81)88-79)73(82)68-66-64-62-60-58-56-54-52-50-48-46-28-26-24-22-20-18-16-14-12-10-8-6-4-2/h5,7,11,13,17,19,23,25,29-30,32-33,35-36,66,68,72-74,76-79,81-82,84-86H,3-4,6,8-10,12,14-16,18,20-22,24,26-28,31,34,37-65,67,69-71H2,1-2H3,(H,80,83)/b7-5-,13-11-,19-17-,25-23-,30-29-,33-32-,36-35-,68-66+. The predicted molar refractivity (Wildman–Crippen MR) is 378 cm³/mol. The summed E-state index contributed by atoms with van der Waals surface area (Å²) in [6.07, 6.45) is 91.0. The van der Waals surface area contributed by atoms with Crippen molar-refractivity contribution in [1.82, 2.24) is 5.32 Å². The van der Waals surface area contributed by atoms with Crippen molar-refractivity contribution in [2.24, 2.45) is 0 Å². The minimum atomic E-state index is -1.57. The second-order valence-corrected chi connectivity index (χ2v) is 25.7. The molecule has 1 aliphatic heterocycles. The van der Waals surface area contributed by atoms with E-state index in [2.05, 4.69) is 104 Å². The molecule has 88 heavy (non-hydrogen) atoms. The van der Waals surface area contributed by atoms with Crippen LogP contribution in [-0.4, -0.2) is 87.5 Å². The summed E-state index contributed by atoms with van der Waals surface area (Å²) in [5, 5.41) is 54.8. The second-order valence-electron chi connectivity index (χ2n) is 25.7. The molecule has 0 radical (unpaired) electrons. The van der Waals surface area contributed by atoms with Gasteiger partial charge in [-0.05, 0) is 77.0 Å². The van der Waals surface area contributed by atoms with E-state index in [0.29, 0.717) is 6.42 Å². The van der Waals surface area contributed by atoms with Crippen molar-refractivity contribution in [2.45, 2.75) is 384 Å². The molecule has 6 N–H and O–H groups in total. The summed E-state index contributed by atoms with van der Waals surface area (Å²) in [7, 11) is 0. The molecule has 9 heteroatoms. The highest BCUT2D eigenvalue weighted by Gasteiger charge is 2.44. The van der Waals surface area contributed by atoms with Crippen LogP contribution in [0.3, 0.4) is 0 Å². The Labute approximate surface area is 543 Å². The van der Waals surface area contributed by atoms with E-state index in [1.54, 1.807) is 6.08 Å². The number of unbranched alkanes of at least 4 members (excludes halogenated alkanes) is 41. The minimum absolute atomic E-state index is 0.173. The van der Waals surface area contributed by atoms with Crippen LogP contribution in [0.15, 0.2) is 97.2 Å². The number of amides is 1. The molecule has 1 rings (SSSR count). The van der Waals surface area contributed by atoms with Crippen molar-refractivity contribution >= 4 is 5.91 Å². The molecule has 0 aromatic rings. The number of hydrogen-bond acceptors (Lipinski definition) is 8. The van der Waals surface area contributed by atoms with Gasteiger partial charge in [0.05, 0.1) is 25.4 Å². The van der Waals surface area contributed by atoms with E-state index < -0.39 is 49.5 Å². The smallest absolute Gasteiger partial charge is 0.220 e. The molecule has 1 aliphatic rings. The van der Waals surface area contributed by atoms with E-state index in [-0.39, 0.29) is 12.5 Å². The fraction of sp³-hybridized carbons (Fsp3) is 0.785. The topological polar surface area (TPSA) is 149 Å². The molecule has 1 fully saturated rings. The fourth-order valence-corrected chi connectivity index (χ4v) is 11.6. The number of allylic oxidation sites excluding steroid dienone is 15. The van der Waals surface area contributed by atoms with E-state index >= 15 is 0 Å². The van der Waals surface area contributed by atoms with Crippen molar-refractivity contribution in [3.05, 3.63) is 97.2 Å². The largest absolute Gasteiger partial charge is 0.394 e. The molecule has 510 valence electrons. The molecule has 0 spiro atoms. The van der Waals surface area contributed by atoms with Crippen LogP contribution in [0.1, 0.15) is 341 Å². The zero-order valence-corrected chi connectivity index (χ0v) is 57.2. The summed E-state index contributed by atoms with van der Waals surface area (Å²) in [5.74, 6) is -0.173. The van der Waals surface area contributed by atoms with Gasteiger partial charge in [-0.2, -0.15) is 0 Å². The summed E-state index contributed by atoms with van der Waals surface area (Å²) < 4.78 is 11.3. The van der Waals surface area contributed by atoms with E-state index in [0.717, 1.165) is 83.5 Å². The van der Waals surface area contributed by atoms with Gasteiger partial charge in [0.15, 0.2) is 6.29 Å². The van der Waals surface area contributed by atoms with Gasteiger partial charge in [0.1, 0.15) is 24.4 Å². The van der Waals surface area contributed by atoms with Crippen molar-refractivity contribution in [3.8, 4) is 0 Å². The number of nitrogens with one attached hydrogen (secondary N) is 1. The van der Waals surface area contributed by atoms with Gasteiger partial charge >= 0.3 is 0 Å². The third-order valence-electron chi connectivity index (χ3n) is 17.4. The maximum absolute atomic E-state index is 13.2. The van der Waals surface area contributed by atoms with E-state index in [9.17, 15) is 30.3 Å². The van der Waals surface area contributed by atoms with Gasteiger partial charge in [-0.15, -0.1) is 0 Å². The Morgan fingerprint density at radius 2 is 0.705 bits per heavy atom. The molecule has 1 amide bonds. The number of hydrogen-bond donors (Lipinski definition) is 6. The zero-order valence-electron chi connectivity index (χ0n) is 57.2. The van der Waals surface area contributed by atoms with E-state index in [4.69, 9.17) is 9.47 Å². The summed E-state index contributed by atoms with van der Waals surface area (Å²) in [5.41, 5.74) is 0. The lowest BCUT2D eigenvalue weighted by molar-refractivity contribution is -0.302. The van der Waals surface area contributed by atoms with Crippen molar-refractivity contribution in [3.63, 3.8) is 0 Å². The van der Waals surface area contributed by atoms with Gasteiger partial charge < -0.3 is 40.3 Å². The highest BCUT2D eigenvalue weighted by atomic mass is 16.7. The molecule has 0 saturated carbocycles. The molecular weight excluding hydrogens is 1090 g/mol. The Kier molecular flexibility index (Phi) is 63.3. The fourth-order valence-electron chi connectivity index (χ4n) is 11.6. The lowest BCUT2D eigenvalue weighted by Gasteiger charge is -2.40. The van der Waals surface area contributed by atoms with Crippen LogP contribution in [0.25, 0.3) is 0 Å².